The lowest BCUT2D eigenvalue weighted by Gasteiger charge is -2.03. The van der Waals surface area contributed by atoms with Crippen LogP contribution in [-0.4, -0.2) is 9.78 Å². The second-order valence-electron chi connectivity index (χ2n) is 4.59. The van der Waals surface area contributed by atoms with Crippen molar-refractivity contribution in [2.45, 2.75) is 6.54 Å². The number of H-pyrrole nitrogens is 1. The highest BCUT2D eigenvalue weighted by atomic mass is 19.1. The summed E-state index contributed by atoms with van der Waals surface area (Å²) < 4.78 is 14.6. The minimum Gasteiger partial charge on any atom is -0.295 e. The van der Waals surface area contributed by atoms with Crippen LogP contribution in [0.25, 0.3) is 11.3 Å². The van der Waals surface area contributed by atoms with Gasteiger partial charge in [0.2, 0.25) is 0 Å². The van der Waals surface area contributed by atoms with Gasteiger partial charge in [-0.05, 0) is 23.3 Å². The molecule has 3 aromatic rings. The molecule has 0 unspecified atom stereocenters. The quantitative estimate of drug-likeness (QED) is 0.779. The summed E-state index contributed by atoms with van der Waals surface area (Å²) in [6.45, 7) is 0.323. The van der Waals surface area contributed by atoms with Crippen molar-refractivity contribution < 1.29 is 4.39 Å². The third-order valence-electron chi connectivity index (χ3n) is 3.10. The number of benzene rings is 2. The maximum Gasteiger partial charge on any atom is 0.267 e. The van der Waals surface area contributed by atoms with Crippen molar-refractivity contribution in [1.29, 1.82) is 0 Å². The van der Waals surface area contributed by atoms with Gasteiger partial charge in [-0.15, -0.1) is 0 Å². The number of hydrogen-bond acceptors (Lipinski definition) is 1. The molecule has 0 spiro atoms. The predicted octanol–water partition coefficient (Wildman–Crippen LogP) is 3.03. The van der Waals surface area contributed by atoms with Crippen molar-refractivity contribution in [2.24, 2.45) is 0 Å². The van der Waals surface area contributed by atoms with Crippen molar-refractivity contribution in [2.75, 3.05) is 0 Å². The van der Waals surface area contributed by atoms with Gasteiger partial charge in [0.05, 0.1) is 12.2 Å². The zero-order chi connectivity index (χ0) is 13.9. The second kappa shape index (κ2) is 5.17. The maximum absolute atomic E-state index is 13.1. The SMILES string of the molecule is O=c1cc(-c2ccccc2)[nH]n1Cc1cccc(F)c1. The summed E-state index contributed by atoms with van der Waals surface area (Å²) in [6, 6.07) is 17.4. The highest BCUT2D eigenvalue weighted by Crippen LogP contribution is 2.14. The predicted molar refractivity (Wildman–Crippen MR) is 76.0 cm³/mol. The van der Waals surface area contributed by atoms with Crippen LogP contribution in [-0.2, 0) is 6.54 Å². The molecular weight excluding hydrogens is 255 g/mol. The van der Waals surface area contributed by atoms with E-state index in [1.54, 1.807) is 18.2 Å². The van der Waals surface area contributed by atoms with Crippen LogP contribution >= 0.6 is 0 Å². The van der Waals surface area contributed by atoms with Gasteiger partial charge in [-0.3, -0.25) is 9.89 Å². The zero-order valence-corrected chi connectivity index (χ0v) is 10.7. The summed E-state index contributed by atoms with van der Waals surface area (Å²) in [5, 5.41) is 3.05. The third kappa shape index (κ3) is 2.54. The number of aromatic amines is 1. The standard InChI is InChI=1S/C16H13FN2O/c17-14-8-4-5-12(9-14)11-19-16(20)10-15(18-19)13-6-2-1-3-7-13/h1-10,18H,11H2. The van der Waals surface area contributed by atoms with Crippen LogP contribution < -0.4 is 5.56 Å². The van der Waals surface area contributed by atoms with Crippen LogP contribution in [0.5, 0.6) is 0 Å². The van der Waals surface area contributed by atoms with Gasteiger partial charge < -0.3 is 0 Å². The lowest BCUT2D eigenvalue weighted by molar-refractivity contribution is 0.616. The average molecular weight is 268 g/mol. The van der Waals surface area contributed by atoms with E-state index in [1.807, 2.05) is 30.3 Å². The second-order valence-corrected chi connectivity index (χ2v) is 4.59. The smallest absolute Gasteiger partial charge is 0.267 e. The van der Waals surface area contributed by atoms with Gasteiger partial charge >= 0.3 is 0 Å². The number of nitrogens with one attached hydrogen (secondary N) is 1. The van der Waals surface area contributed by atoms with E-state index in [2.05, 4.69) is 5.10 Å². The molecule has 0 bridgehead atoms. The minimum absolute atomic E-state index is 0.131. The average Bonchev–Trinajstić information content (AvgIpc) is 2.81. The largest absolute Gasteiger partial charge is 0.295 e. The van der Waals surface area contributed by atoms with Crippen molar-refractivity contribution >= 4 is 0 Å². The molecule has 100 valence electrons. The Bertz CT molecular complexity index is 774. The molecule has 20 heavy (non-hydrogen) atoms. The molecule has 2 aromatic carbocycles. The number of halogens is 1. The first-order chi connectivity index (χ1) is 9.72. The van der Waals surface area contributed by atoms with Gasteiger partial charge in [-0.1, -0.05) is 42.5 Å². The molecule has 0 fully saturated rings. The molecule has 3 nitrogen and oxygen atoms in total. The van der Waals surface area contributed by atoms with Gasteiger partial charge in [0, 0.05) is 6.07 Å². The molecule has 0 aliphatic heterocycles. The molecule has 0 saturated heterocycles. The fourth-order valence-electron chi connectivity index (χ4n) is 2.14. The molecule has 4 heteroatoms. The highest BCUT2D eigenvalue weighted by molar-refractivity contribution is 5.58. The molecule has 0 aliphatic rings. The van der Waals surface area contributed by atoms with Crippen molar-refractivity contribution in [3.05, 3.63) is 82.4 Å². The zero-order valence-electron chi connectivity index (χ0n) is 10.7. The number of nitrogens with zero attached hydrogens (tertiary/aromatic N) is 1. The molecule has 3 rings (SSSR count). The van der Waals surface area contributed by atoms with Crippen molar-refractivity contribution in [3.8, 4) is 11.3 Å². The Labute approximate surface area is 115 Å². The third-order valence-corrected chi connectivity index (χ3v) is 3.10. The summed E-state index contributed by atoms with van der Waals surface area (Å²) in [4.78, 5) is 11.9. The van der Waals surface area contributed by atoms with Gasteiger partial charge in [-0.2, -0.15) is 0 Å². The van der Waals surface area contributed by atoms with Crippen LogP contribution in [0, 0.1) is 5.82 Å². The minimum atomic E-state index is -0.301. The van der Waals surface area contributed by atoms with Crippen LogP contribution in [0.15, 0.2) is 65.5 Å². The highest BCUT2D eigenvalue weighted by Gasteiger charge is 2.05. The van der Waals surface area contributed by atoms with Crippen molar-refractivity contribution in [1.82, 2.24) is 9.78 Å². The van der Waals surface area contributed by atoms with Crippen LogP contribution in [0.3, 0.4) is 0 Å². The van der Waals surface area contributed by atoms with Gasteiger partial charge in [0.25, 0.3) is 5.56 Å². The Morgan fingerprint density at radius 1 is 1.00 bits per heavy atom. The topological polar surface area (TPSA) is 37.8 Å². The molecule has 1 heterocycles. The van der Waals surface area contributed by atoms with E-state index in [-0.39, 0.29) is 11.4 Å². The summed E-state index contributed by atoms with van der Waals surface area (Å²) >= 11 is 0. The van der Waals surface area contributed by atoms with E-state index < -0.39 is 0 Å². The summed E-state index contributed by atoms with van der Waals surface area (Å²) in [5.41, 5.74) is 2.32. The lowest BCUT2D eigenvalue weighted by atomic mass is 10.2. The fourth-order valence-corrected chi connectivity index (χ4v) is 2.14. The van der Waals surface area contributed by atoms with Gasteiger partial charge in [0.15, 0.2) is 0 Å². The molecule has 0 amide bonds. The molecular formula is C16H13FN2O. The Morgan fingerprint density at radius 2 is 1.80 bits per heavy atom. The Morgan fingerprint density at radius 3 is 2.55 bits per heavy atom. The van der Waals surface area contributed by atoms with Gasteiger partial charge in [-0.25, -0.2) is 9.07 Å². The van der Waals surface area contributed by atoms with E-state index in [1.165, 1.54) is 16.8 Å². The number of rotatable bonds is 3. The molecule has 0 saturated carbocycles. The summed E-state index contributed by atoms with van der Waals surface area (Å²) in [5.74, 6) is -0.301. The summed E-state index contributed by atoms with van der Waals surface area (Å²) in [6.07, 6.45) is 0. The molecule has 0 radical (unpaired) electrons. The fraction of sp³-hybridized carbons (Fsp3) is 0.0625. The molecule has 1 aromatic heterocycles. The van der Waals surface area contributed by atoms with Crippen LogP contribution in [0.1, 0.15) is 5.56 Å². The number of hydrogen-bond donors (Lipinski definition) is 1. The number of aromatic nitrogens is 2. The first-order valence-electron chi connectivity index (χ1n) is 6.32. The maximum atomic E-state index is 13.1. The Balaban J connectivity index is 1.92. The monoisotopic (exact) mass is 268 g/mol. The van der Waals surface area contributed by atoms with E-state index >= 15 is 0 Å². The molecule has 0 atom stereocenters. The Hall–Kier alpha value is -2.62. The van der Waals surface area contributed by atoms with E-state index in [4.69, 9.17) is 0 Å². The Kier molecular flexibility index (Phi) is 3.21. The summed E-state index contributed by atoms with van der Waals surface area (Å²) in [7, 11) is 0. The lowest BCUT2D eigenvalue weighted by Crippen LogP contribution is -2.16. The normalized spacial score (nSPS) is 10.7. The van der Waals surface area contributed by atoms with Crippen LogP contribution in [0.2, 0.25) is 0 Å². The van der Waals surface area contributed by atoms with E-state index in [0.717, 1.165) is 16.8 Å². The van der Waals surface area contributed by atoms with Crippen molar-refractivity contribution in [3.63, 3.8) is 0 Å². The van der Waals surface area contributed by atoms with E-state index in [9.17, 15) is 9.18 Å². The van der Waals surface area contributed by atoms with Crippen LogP contribution in [0.4, 0.5) is 4.39 Å². The van der Waals surface area contributed by atoms with Gasteiger partial charge in [0.1, 0.15) is 5.82 Å². The molecule has 0 aliphatic carbocycles. The first-order valence-corrected chi connectivity index (χ1v) is 6.32. The van der Waals surface area contributed by atoms with E-state index in [0.29, 0.717) is 6.54 Å². The molecule has 1 N–H and O–H groups in total. The first kappa shape index (κ1) is 12.4.